The zero-order chi connectivity index (χ0) is 27.7. The van der Waals surface area contributed by atoms with E-state index in [9.17, 15) is 19.5 Å². The van der Waals surface area contributed by atoms with Crippen LogP contribution in [-0.4, -0.2) is 64.8 Å². The van der Waals surface area contributed by atoms with Gasteiger partial charge in [0.05, 0.1) is 18.0 Å². The summed E-state index contributed by atoms with van der Waals surface area (Å²) in [5.41, 5.74) is -0.106. The van der Waals surface area contributed by atoms with E-state index in [0.29, 0.717) is 38.7 Å². The number of aliphatic imine (C=N–C) groups is 1. The van der Waals surface area contributed by atoms with Crippen molar-refractivity contribution in [1.29, 1.82) is 0 Å². The van der Waals surface area contributed by atoms with Crippen molar-refractivity contribution in [2.45, 2.75) is 89.4 Å². The zero-order valence-electron chi connectivity index (χ0n) is 23.0. The smallest absolute Gasteiger partial charge is 0.411 e. The molecule has 3 amide bonds. The number of para-hydroxylation sites is 1. The van der Waals surface area contributed by atoms with Gasteiger partial charge in [0.2, 0.25) is 17.8 Å². The number of nitrogens with zero attached hydrogens (tertiary/aromatic N) is 2. The monoisotopic (exact) mass is 528 g/mol. The van der Waals surface area contributed by atoms with Gasteiger partial charge in [0, 0.05) is 37.7 Å². The molecule has 1 aliphatic carbocycles. The lowest BCUT2D eigenvalue weighted by Gasteiger charge is -2.41. The number of fused-ring (bicyclic) bond motifs is 1. The maximum absolute atomic E-state index is 13.5. The molecule has 3 N–H and O–H groups in total. The van der Waals surface area contributed by atoms with Gasteiger partial charge in [0.1, 0.15) is 11.4 Å². The van der Waals surface area contributed by atoms with E-state index in [1.54, 1.807) is 7.11 Å². The van der Waals surface area contributed by atoms with Crippen LogP contribution < -0.4 is 15.4 Å². The Morgan fingerprint density at radius 3 is 2.63 bits per heavy atom. The molecule has 3 aliphatic rings. The van der Waals surface area contributed by atoms with Crippen molar-refractivity contribution < 1.29 is 29.0 Å². The minimum Gasteiger partial charge on any atom is -0.487 e. The quantitative estimate of drug-likeness (QED) is 0.446. The zero-order valence-corrected chi connectivity index (χ0v) is 23.0. The molecule has 1 aromatic rings. The summed E-state index contributed by atoms with van der Waals surface area (Å²) < 4.78 is 11.4. The molecule has 208 valence electrons. The molecule has 2 aliphatic heterocycles. The van der Waals surface area contributed by atoms with E-state index in [4.69, 9.17) is 14.5 Å². The second-order valence-electron chi connectivity index (χ2n) is 11.3. The lowest BCUT2D eigenvalue weighted by Crippen LogP contribution is -2.58. The third-order valence-electron chi connectivity index (χ3n) is 8.17. The number of hydrogen-bond acceptors (Lipinski definition) is 6. The van der Waals surface area contributed by atoms with Crippen molar-refractivity contribution in [2.75, 3.05) is 13.7 Å². The first kappa shape index (κ1) is 27.9. The number of nitrogens with one attached hydrogen (secondary N) is 2. The molecule has 0 bridgehead atoms. The number of benzene rings is 1. The Labute approximate surface area is 224 Å². The number of rotatable bonds is 9. The van der Waals surface area contributed by atoms with Crippen LogP contribution in [0.3, 0.4) is 0 Å². The fraction of sp³-hybridized carbons (Fsp3) is 0.643. The van der Waals surface area contributed by atoms with Gasteiger partial charge in [-0.15, -0.1) is 0 Å². The molecule has 4 atom stereocenters. The average Bonchev–Trinajstić information content (AvgIpc) is 3.65. The lowest BCUT2D eigenvalue weighted by molar-refractivity contribution is -0.133. The summed E-state index contributed by atoms with van der Waals surface area (Å²) in [7, 11) is 1.58. The van der Waals surface area contributed by atoms with E-state index >= 15 is 0 Å². The number of hydrogen-bond donors (Lipinski definition) is 3. The lowest BCUT2D eigenvalue weighted by atomic mass is 9.87. The van der Waals surface area contributed by atoms with Gasteiger partial charge in [-0.25, -0.2) is 9.79 Å². The van der Waals surface area contributed by atoms with Crippen LogP contribution in [-0.2, 0) is 14.3 Å². The van der Waals surface area contributed by atoms with Gasteiger partial charge in [0.15, 0.2) is 0 Å². The molecule has 0 radical (unpaired) electrons. The highest BCUT2D eigenvalue weighted by atomic mass is 16.5. The van der Waals surface area contributed by atoms with Gasteiger partial charge in [-0.3, -0.25) is 19.8 Å². The molecule has 38 heavy (non-hydrogen) atoms. The molecule has 0 aromatic heterocycles. The van der Waals surface area contributed by atoms with E-state index in [1.807, 2.05) is 52.0 Å². The van der Waals surface area contributed by atoms with Gasteiger partial charge in [-0.1, -0.05) is 32.0 Å². The summed E-state index contributed by atoms with van der Waals surface area (Å²) >= 11 is 0. The van der Waals surface area contributed by atoms with Crippen molar-refractivity contribution >= 4 is 23.9 Å². The highest BCUT2D eigenvalue weighted by Crippen LogP contribution is 2.47. The van der Waals surface area contributed by atoms with Gasteiger partial charge >= 0.3 is 6.09 Å². The normalized spacial score (nSPS) is 25.9. The molecule has 1 saturated carbocycles. The third kappa shape index (κ3) is 5.80. The number of carbonyl (C=O) groups excluding carboxylic acids is 2. The summed E-state index contributed by atoms with van der Waals surface area (Å²) in [4.78, 5) is 44.9. The topological polar surface area (TPSA) is 130 Å². The number of ether oxygens (including phenoxy) is 2. The van der Waals surface area contributed by atoms with Crippen molar-refractivity contribution in [3.63, 3.8) is 0 Å². The predicted molar refractivity (Wildman–Crippen MR) is 142 cm³/mol. The van der Waals surface area contributed by atoms with Crippen LogP contribution >= 0.6 is 0 Å². The van der Waals surface area contributed by atoms with E-state index in [-0.39, 0.29) is 42.1 Å². The summed E-state index contributed by atoms with van der Waals surface area (Å²) in [6.07, 6.45) is 1.87. The van der Waals surface area contributed by atoms with Crippen LogP contribution in [0.4, 0.5) is 4.79 Å². The molecule has 1 fully saturated rings. The second kappa shape index (κ2) is 10.9. The number of amides is 3. The van der Waals surface area contributed by atoms with Crippen molar-refractivity contribution in [3.8, 4) is 5.75 Å². The maximum Gasteiger partial charge on any atom is 0.411 e. The predicted octanol–water partition coefficient (Wildman–Crippen LogP) is 3.86. The van der Waals surface area contributed by atoms with Crippen molar-refractivity contribution in [1.82, 2.24) is 15.5 Å². The fourth-order valence-corrected chi connectivity index (χ4v) is 5.91. The van der Waals surface area contributed by atoms with Gasteiger partial charge in [-0.05, 0) is 51.5 Å². The third-order valence-corrected chi connectivity index (χ3v) is 8.17. The first-order valence-electron chi connectivity index (χ1n) is 13.5. The van der Waals surface area contributed by atoms with E-state index in [2.05, 4.69) is 10.6 Å². The molecule has 1 unspecified atom stereocenters. The number of carbonyl (C=O) groups is 3. The Morgan fingerprint density at radius 2 is 1.97 bits per heavy atom. The minimum atomic E-state index is -1.28. The molecular weight excluding hydrogens is 488 g/mol. The Balaban J connectivity index is 1.56. The number of guanidine groups is 1. The summed E-state index contributed by atoms with van der Waals surface area (Å²) in [5, 5.41) is 15.1. The molecular formula is C28H40N4O6. The molecule has 10 nitrogen and oxygen atoms in total. The Hall–Kier alpha value is -3.14. The van der Waals surface area contributed by atoms with Crippen molar-refractivity contribution in [2.24, 2.45) is 16.8 Å². The summed E-state index contributed by atoms with van der Waals surface area (Å²) in [6, 6.07) is 7.16. The van der Waals surface area contributed by atoms with Crippen LogP contribution in [0.2, 0.25) is 0 Å². The molecule has 0 saturated heterocycles. The molecule has 2 heterocycles. The maximum atomic E-state index is 13.5. The highest BCUT2D eigenvalue weighted by Gasteiger charge is 2.53. The van der Waals surface area contributed by atoms with Crippen molar-refractivity contribution in [3.05, 3.63) is 29.8 Å². The van der Waals surface area contributed by atoms with E-state index < -0.39 is 23.3 Å². The van der Waals surface area contributed by atoms with Crippen LogP contribution in [0, 0.1) is 11.8 Å². The SMILES string of the molecule is CCC1(CC)CC(=O)N(C(CCOC)[C@@H]2C[C@H]2C(=O)N[C@H]2CC(C)(C)Oc3ccccc32)C(NC(=O)O)=N1. The van der Waals surface area contributed by atoms with E-state index in [0.717, 1.165) is 11.3 Å². The van der Waals surface area contributed by atoms with Gasteiger partial charge < -0.3 is 19.9 Å². The first-order chi connectivity index (χ1) is 18.0. The Bertz CT molecular complexity index is 1100. The van der Waals surface area contributed by atoms with E-state index in [1.165, 1.54) is 4.90 Å². The largest absolute Gasteiger partial charge is 0.487 e. The average molecular weight is 529 g/mol. The van der Waals surface area contributed by atoms with Gasteiger partial charge in [0.25, 0.3) is 0 Å². The molecule has 0 spiro atoms. The number of methoxy groups -OCH3 is 1. The Kier molecular flexibility index (Phi) is 8.01. The van der Waals surface area contributed by atoms with Crippen LogP contribution in [0.1, 0.15) is 77.8 Å². The Morgan fingerprint density at radius 1 is 1.26 bits per heavy atom. The summed E-state index contributed by atoms with van der Waals surface area (Å²) in [5.74, 6) is 0.144. The number of carboxylic acid groups (broad SMARTS) is 1. The molecule has 1 aromatic carbocycles. The highest BCUT2D eigenvalue weighted by molar-refractivity contribution is 6.05. The second-order valence-corrected chi connectivity index (χ2v) is 11.3. The van der Waals surface area contributed by atoms with Gasteiger partial charge in [-0.2, -0.15) is 0 Å². The molecule has 4 rings (SSSR count). The van der Waals surface area contributed by atoms with Crippen LogP contribution in [0.25, 0.3) is 0 Å². The molecule has 10 heteroatoms. The standard InChI is InChI=1S/C28H40N4O6/c1-6-28(7-2)16-23(33)32(25(31-28)30-26(35)36)21(12-13-37-5)18-14-19(18)24(34)29-20-15-27(3,4)38-22-11-9-8-10-17(20)22/h8-11,18-21H,6-7,12-16H2,1-5H3,(H,29,34)(H,30,31)(H,35,36)/t18-,19-,20+,21?/m1/s1. The summed E-state index contributed by atoms with van der Waals surface area (Å²) in [6.45, 7) is 8.29. The van der Waals surface area contributed by atoms with Crippen LogP contribution in [0.5, 0.6) is 5.75 Å². The first-order valence-corrected chi connectivity index (χ1v) is 13.5. The van der Waals surface area contributed by atoms with Crippen LogP contribution in [0.15, 0.2) is 29.3 Å². The fourth-order valence-electron chi connectivity index (χ4n) is 5.91. The minimum absolute atomic E-state index is 0.0460.